The molecule has 0 aliphatic carbocycles. The molecule has 6 nitrogen and oxygen atoms in total. The summed E-state index contributed by atoms with van der Waals surface area (Å²) in [6.07, 6.45) is 1.25. The Balaban J connectivity index is 0.00000169. The molecule has 0 radical (unpaired) electrons. The number of nitrogens with zero attached hydrogens (tertiary/aromatic N) is 2. The summed E-state index contributed by atoms with van der Waals surface area (Å²) < 4.78 is 5.67. The molecule has 26 heavy (non-hydrogen) atoms. The monoisotopic (exact) mass is 420 g/mol. The third-order valence-electron chi connectivity index (χ3n) is 4.17. The lowest BCUT2D eigenvalue weighted by Gasteiger charge is -2.27. The van der Waals surface area contributed by atoms with Crippen LogP contribution in [0.15, 0.2) is 21.2 Å². The predicted molar refractivity (Wildman–Crippen MR) is 110 cm³/mol. The second kappa shape index (κ2) is 11.6. The van der Waals surface area contributed by atoms with E-state index in [0.717, 1.165) is 50.4 Å². The lowest BCUT2D eigenvalue weighted by Crippen LogP contribution is -2.44. The highest BCUT2D eigenvalue weighted by atomic mass is 35.5. The number of halogens is 2. The number of piperazine rings is 1. The van der Waals surface area contributed by atoms with Gasteiger partial charge in [-0.1, -0.05) is 0 Å². The van der Waals surface area contributed by atoms with E-state index in [0.29, 0.717) is 18.2 Å². The highest BCUT2D eigenvalue weighted by Gasteiger charge is 2.15. The van der Waals surface area contributed by atoms with Crippen LogP contribution >= 0.6 is 36.2 Å². The van der Waals surface area contributed by atoms with Gasteiger partial charge in [0.05, 0.1) is 12.1 Å². The lowest BCUT2D eigenvalue weighted by atomic mass is 10.2. The molecule has 2 aromatic rings. The van der Waals surface area contributed by atoms with Crippen LogP contribution in [0.25, 0.3) is 11.5 Å². The van der Waals surface area contributed by atoms with Gasteiger partial charge in [0.2, 0.25) is 11.8 Å². The normalized spacial score (nSPS) is 14.3. The molecule has 3 heterocycles. The van der Waals surface area contributed by atoms with Gasteiger partial charge in [0, 0.05) is 43.7 Å². The van der Waals surface area contributed by atoms with E-state index in [4.69, 9.17) is 4.42 Å². The number of aromatic nitrogens is 1. The third kappa shape index (κ3) is 6.55. The van der Waals surface area contributed by atoms with Gasteiger partial charge in [-0.25, -0.2) is 4.98 Å². The van der Waals surface area contributed by atoms with E-state index in [2.05, 4.69) is 20.5 Å². The van der Waals surface area contributed by atoms with Gasteiger partial charge in [-0.3, -0.25) is 4.79 Å². The fourth-order valence-corrected chi connectivity index (χ4v) is 3.41. The SMILES string of the molecule is Cc1oc(-c2ccsc2)nc1CC(=O)NCCCN1CCNCC1.Cl.Cl. The number of hydrogen-bond donors (Lipinski definition) is 2. The number of oxazole rings is 1. The van der Waals surface area contributed by atoms with Crippen molar-refractivity contribution in [2.75, 3.05) is 39.3 Å². The number of carbonyl (C=O) groups excluding carboxylic acids is 1. The van der Waals surface area contributed by atoms with E-state index in [9.17, 15) is 4.79 Å². The van der Waals surface area contributed by atoms with Crippen molar-refractivity contribution in [3.05, 3.63) is 28.3 Å². The van der Waals surface area contributed by atoms with Crippen LogP contribution in [-0.4, -0.2) is 55.1 Å². The average Bonchev–Trinajstić information content (AvgIpc) is 3.23. The summed E-state index contributed by atoms with van der Waals surface area (Å²) >= 11 is 1.60. The zero-order chi connectivity index (χ0) is 16.8. The first-order chi connectivity index (χ1) is 11.7. The van der Waals surface area contributed by atoms with E-state index in [1.54, 1.807) is 11.3 Å². The molecule has 9 heteroatoms. The molecule has 3 rings (SSSR count). The van der Waals surface area contributed by atoms with Crippen molar-refractivity contribution in [2.24, 2.45) is 0 Å². The molecular formula is C17H26Cl2N4O2S. The van der Waals surface area contributed by atoms with Gasteiger partial charge in [0.1, 0.15) is 5.76 Å². The van der Waals surface area contributed by atoms with Gasteiger partial charge in [0.25, 0.3) is 0 Å². The van der Waals surface area contributed by atoms with Crippen molar-refractivity contribution >= 4 is 42.1 Å². The highest BCUT2D eigenvalue weighted by molar-refractivity contribution is 7.08. The van der Waals surface area contributed by atoms with E-state index in [1.165, 1.54) is 0 Å². The minimum Gasteiger partial charge on any atom is -0.441 e. The Hall–Kier alpha value is -1.12. The van der Waals surface area contributed by atoms with E-state index in [1.807, 2.05) is 23.8 Å². The maximum atomic E-state index is 12.1. The van der Waals surface area contributed by atoms with Crippen molar-refractivity contribution in [2.45, 2.75) is 19.8 Å². The van der Waals surface area contributed by atoms with E-state index >= 15 is 0 Å². The molecule has 1 amide bonds. The number of hydrogen-bond acceptors (Lipinski definition) is 6. The Morgan fingerprint density at radius 1 is 1.38 bits per heavy atom. The molecule has 1 saturated heterocycles. The quantitative estimate of drug-likeness (QED) is 0.673. The predicted octanol–water partition coefficient (Wildman–Crippen LogP) is 2.51. The zero-order valence-corrected chi connectivity index (χ0v) is 17.3. The molecule has 146 valence electrons. The summed E-state index contributed by atoms with van der Waals surface area (Å²) in [6.45, 7) is 7.91. The van der Waals surface area contributed by atoms with Crippen LogP contribution in [0.4, 0.5) is 0 Å². The number of aryl methyl sites for hydroxylation is 1. The molecule has 2 N–H and O–H groups in total. The smallest absolute Gasteiger partial charge is 0.227 e. The molecule has 0 spiro atoms. The number of amides is 1. The van der Waals surface area contributed by atoms with E-state index in [-0.39, 0.29) is 37.1 Å². The first-order valence-corrected chi connectivity index (χ1v) is 9.35. The molecule has 0 atom stereocenters. The van der Waals surface area contributed by atoms with Gasteiger partial charge in [-0.05, 0) is 31.3 Å². The largest absolute Gasteiger partial charge is 0.441 e. The van der Waals surface area contributed by atoms with Crippen LogP contribution in [0.1, 0.15) is 17.9 Å². The molecule has 1 aliphatic heterocycles. The fraction of sp³-hybridized carbons (Fsp3) is 0.529. The second-order valence-corrected chi connectivity index (χ2v) is 6.79. The number of carbonyl (C=O) groups is 1. The molecule has 0 aromatic carbocycles. The molecule has 0 unspecified atom stereocenters. The van der Waals surface area contributed by atoms with Gasteiger partial charge >= 0.3 is 0 Å². The van der Waals surface area contributed by atoms with Crippen LogP contribution in [0.3, 0.4) is 0 Å². The van der Waals surface area contributed by atoms with Crippen molar-refractivity contribution < 1.29 is 9.21 Å². The summed E-state index contributed by atoms with van der Waals surface area (Å²) in [6, 6.07) is 1.97. The minimum absolute atomic E-state index is 0. The first kappa shape index (κ1) is 22.9. The Labute approximate surface area is 170 Å². The van der Waals surface area contributed by atoms with Crippen LogP contribution in [0.5, 0.6) is 0 Å². The standard InChI is InChI=1S/C17H24N4O2S.2ClH/c1-13-15(20-17(23-13)14-3-10-24-12-14)11-16(22)19-4-2-7-21-8-5-18-6-9-21;;/h3,10,12,18H,2,4-9,11H2,1H3,(H,19,22);2*1H. The molecule has 1 aliphatic rings. The summed E-state index contributed by atoms with van der Waals surface area (Å²) in [5.41, 5.74) is 1.68. The number of thiophene rings is 1. The van der Waals surface area contributed by atoms with Gasteiger partial charge in [-0.2, -0.15) is 11.3 Å². The second-order valence-electron chi connectivity index (χ2n) is 6.01. The first-order valence-electron chi connectivity index (χ1n) is 8.41. The Morgan fingerprint density at radius 2 is 2.15 bits per heavy atom. The molecule has 1 fully saturated rings. The Morgan fingerprint density at radius 3 is 2.85 bits per heavy atom. The maximum absolute atomic E-state index is 12.1. The third-order valence-corrected chi connectivity index (χ3v) is 4.85. The molecule has 0 saturated carbocycles. The van der Waals surface area contributed by atoms with Crippen molar-refractivity contribution in [1.82, 2.24) is 20.5 Å². The topological polar surface area (TPSA) is 70.4 Å². The summed E-state index contributed by atoms with van der Waals surface area (Å²) in [5.74, 6) is 1.31. The zero-order valence-electron chi connectivity index (χ0n) is 14.8. The molecular weight excluding hydrogens is 395 g/mol. The number of nitrogens with one attached hydrogen (secondary N) is 2. The molecule has 2 aromatic heterocycles. The number of rotatable bonds is 7. The summed E-state index contributed by atoms with van der Waals surface area (Å²) in [7, 11) is 0. The average molecular weight is 421 g/mol. The van der Waals surface area contributed by atoms with Crippen LogP contribution in [0, 0.1) is 6.92 Å². The van der Waals surface area contributed by atoms with Crippen LogP contribution in [0.2, 0.25) is 0 Å². The van der Waals surface area contributed by atoms with Gasteiger partial charge in [0.15, 0.2) is 0 Å². The maximum Gasteiger partial charge on any atom is 0.227 e. The Kier molecular flexibility index (Phi) is 10.2. The van der Waals surface area contributed by atoms with Gasteiger partial charge < -0.3 is 20.0 Å². The van der Waals surface area contributed by atoms with Crippen molar-refractivity contribution in [1.29, 1.82) is 0 Å². The lowest BCUT2D eigenvalue weighted by molar-refractivity contribution is -0.120. The fourth-order valence-electron chi connectivity index (χ4n) is 2.78. The van der Waals surface area contributed by atoms with Gasteiger partial charge in [-0.15, -0.1) is 24.8 Å². The van der Waals surface area contributed by atoms with Crippen molar-refractivity contribution in [3.8, 4) is 11.5 Å². The summed E-state index contributed by atoms with van der Waals surface area (Å²) in [4.78, 5) is 19.0. The summed E-state index contributed by atoms with van der Waals surface area (Å²) in [5, 5.41) is 10.3. The highest BCUT2D eigenvalue weighted by Crippen LogP contribution is 2.23. The van der Waals surface area contributed by atoms with Crippen molar-refractivity contribution in [3.63, 3.8) is 0 Å². The minimum atomic E-state index is 0. The molecule has 0 bridgehead atoms. The Bertz CT molecular complexity index is 658. The van der Waals surface area contributed by atoms with E-state index < -0.39 is 0 Å². The van der Waals surface area contributed by atoms with Crippen LogP contribution in [-0.2, 0) is 11.2 Å². The van der Waals surface area contributed by atoms with Crippen LogP contribution < -0.4 is 10.6 Å².